The second-order valence-corrected chi connectivity index (χ2v) is 6.21. The van der Waals surface area contributed by atoms with E-state index in [1.54, 1.807) is 0 Å². The standard InChI is InChI=1S/C19H18N6O/c1-3-25-9-22-13-7-5-11(8-14(13)25)15-10(2)4-6-12-16(20)18(19(21)26)24-23-17(12)15/h4-9H,3H2,1-2H3,(H2,20,23)(H2,21,26). The summed E-state index contributed by atoms with van der Waals surface area (Å²) in [5, 5.41) is 8.87. The Kier molecular flexibility index (Phi) is 3.57. The first-order valence-electron chi connectivity index (χ1n) is 8.31. The van der Waals surface area contributed by atoms with E-state index in [1.807, 2.05) is 37.5 Å². The Morgan fingerprint density at radius 2 is 2.00 bits per heavy atom. The van der Waals surface area contributed by atoms with Crippen molar-refractivity contribution in [2.45, 2.75) is 20.4 Å². The lowest BCUT2D eigenvalue weighted by Gasteiger charge is -2.12. The van der Waals surface area contributed by atoms with E-state index >= 15 is 0 Å². The van der Waals surface area contributed by atoms with Crippen LogP contribution in [0.1, 0.15) is 23.0 Å². The molecule has 2 heterocycles. The molecular formula is C19H18N6O. The van der Waals surface area contributed by atoms with Gasteiger partial charge in [0.25, 0.3) is 5.91 Å². The molecular weight excluding hydrogens is 328 g/mol. The van der Waals surface area contributed by atoms with Crippen molar-refractivity contribution in [1.82, 2.24) is 19.7 Å². The number of rotatable bonds is 3. The van der Waals surface area contributed by atoms with Crippen LogP contribution in [0.15, 0.2) is 36.7 Å². The summed E-state index contributed by atoms with van der Waals surface area (Å²) in [6, 6.07) is 9.90. The fourth-order valence-electron chi connectivity index (χ4n) is 3.31. The molecule has 0 aliphatic carbocycles. The number of benzene rings is 2. The molecule has 26 heavy (non-hydrogen) atoms. The third-order valence-corrected chi connectivity index (χ3v) is 4.67. The molecule has 0 radical (unpaired) electrons. The van der Waals surface area contributed by atoms with Crippen LogP contribution in [0.25, 0.3) is 33.1 Å². The summed E-state index contributed by atoms with van der Waals surface area (Å²) in [5.41, 5.74) is 17.3. The van der Waals surface area contributed by atoms with Crippen LogP contribution in [0.5, 0.6) is 0 Å². The summed E-state index contributed by atoms with van der Waals surface area (Å²) >= 11 is 0. The SMILES string of the molecule is CCn1cnc2ccc(-c3c(C)ccc4c(N)c(C(N)=O)nnc34)cc21. The van der Waals surface area contributed by atoms with Crippen molar-refractivity contribution < 1.29 is 4.79 Å². The number of nitrogen functional groups attached to an aromatic ring is 1. The number of anilines is 1. The third kappa shape index (κ3) is 2.28. The third-order valence-electron chi connectivity index (χ3n) is 4.67. The van der Waals surface area contributed by atoms with E-state index < -0.39 is 5.91 Å². The van der Waals surface area contributed by atoms with Crippen LogP contribution in [0, 0.1) is 6.92 Å². The first-order chi connectivity index (χ1) is 12.5. The molecule has 4 rings (SSSR count). The fourth-order valence-corrected chi connectivity index (χ4v) is 3.31. The van der Waals surface area contributed by atoms with Crippen molar-refractivity contribution in [2.24, 2.45) is 5.73 Å². The summed E-state index contributed by atoms with van der Waals surface area (Å²) < 4.78 is 2.09. The molecule has 0 bridgehead atoms. The van der Waals surface area contributed by atoms with Gasteiger partial charge in [-0.15, -0.1) is 10.2 Å². The van der Waals surface area contributed by atoms with Gasteiger partial charge in [-0.3, -0.25) is 4.79 Å². The summed E-state index contributed by atoms with van der Waals surface area (Å²) in [7, 11) is 0. The molecule has 2 aromatic heterocycles. The Labute approximate surface area is 149 Å². The first-order valence-corrected chi connectivity index (χ1v) is 8.31. The molecule has 2 aromatic carbocycles. The molecule has 0 spiro atoms. The molecule has 130 valence electrons. The number of hydrogen-bond donors (Lipinski definition) is 2. The van der Waals surface area contributed by atoms with Gasteiger partial charge >= 0.3 is 0 Å². The summed E-state index contributed by atoms with van der Waals surface area (Å²) in [4.78, 5) is 15.9. The number of amides is 1. The predicted octanol–water partition coefficient (Wildman–Crippen LogP) is 2.66. The highest BCUT2D eigenvalue weighted by molar-refractivity contribution is 6.08. The molecule has 4 N–H and O–H groups in total. The van der Waals surface area contributed by atoms with Crippen molar-refractivity contribution >= 4 is 33.5 Å². The predicted molar refractivity (Wildman–Crippen MR) is 102 cm³/mol. The summed E-state index contributed by atoms with van der Waals surface area (Å²) in [6.45, 7) is 4.92. The minimum absolute atomic E-state index is 0.00758. The molecule has 0 unspecified atom stereocenters. The van der Waals surface area contributed by atoms with Crippen molar-refractivity contribution in [3.63, 3.8) is 0 Å². The van der Waals surface area contributed by atoms with Gasteiger partial charge in [-0.2, -0.15) is 0 Å². The molecule has 0 saturated heterocycles. The maximum atomic E-state index is 11.5. The number of aryl methyl sites for hydroxylation is 2. The van der Waals surface area contributed by atoms with E-state index in [-0.39, 0.29) is 11.4 Å². The van der Waals surface area contributed by atoms with Crippen LogP contribution in [-0.2, 0) is 6.54 Å². The van der Waals surface area contributed by atoms with Gasteiger partial charge in [0, 0.05) is 17.5 Å². The Bertz CT molecular complexity index is 1180. The molecule has 4 aromatic rings. The second kappa shape index (κ2) is 5.80. The zero-order valence-electron chi connectivity index (χ0n) is 14.5. The number of primary amides is 1. The highest BCUT2D eigenvalue weighted by atomic mass is 16.1. The largest absolute Gasteiger partial charge is 0.396 e. The summed E-state index contributed by atoms with van der Waals surface area (Å²) in [6.07, 6.45) is 1.83. The molecule has 0 aliphatic rings. The summed E-state index contributed by atoms with van der Waals surface area (Å²) in [5.74, 6) is -0.688. The highest BCUT2D eigenvalue weighted by Gasteiger charge is 2.17. The van der Waals surface area contributed by atoms with Crippen molar-refractivity contribution in [1.29, 1.82) is 0 Å². The lowest BCUT2D eigenvalue weighted by molar-refractivity contribution is 0.0996. The number of nitrogens with zero attached hydrogens (tertiary/aromatic N) is 4. The molecule has 0 aliphatic heterocycles. The van der Waals surface area contributed by atoms with Crippen LogP contribution in [0.2, 0.25) is 0 Å². The molecule has 0 saturated carbocycles. The number of carbonyl (C=O) groups is 1. The Balaban J connectivity index is 2.03. The maximum absolute atomic E-state index is 11.5. The highest BCUT2D eigenvalue weighted by Crippen LogP contribution is 2.34. The number of nitrogens with two attached hydrogens (primary N) is 2. The van der Waals surface area contributed by atoms with E-state index in [1.165, 1.54) is 0 Å². The van der Waals surface area contributed by atoms with Crippen molar-refractivity contribution in [2.75, 3.05) is 5.73 Å². The van der Waals surface area contributed by atoms with Crippen LogP contribution in [0.3, 0.4) is 0 Å². The van der Waals surface area contributed by atoms with Gasteiger partial charge in [0.05, 0.1) is 23.0 Å². The molecule has 7 nitrogen and oxygen atoms in total. The lowest BCUT2D eigenvalue weighted by atomic mass is 9.96. The first kappa shape index (κ1) is 16.0. The van der Waals surface area contributed by atoms with Gasteiger partial charge < -0.3 is 16.0 Å². The Morgan fingerprint density at radius 3 is 2.73 bits per heavy atom. The average Bonchev–Trinajstić information content (AvgIpc) is 3.03. The van der Waals surface area contributed by atoms with Gasteiger partial charge in [0.15, 0.2) is 5.69 Å². The van der Waals surface area contributed by atoms with Crippen LogP contribution < -0.4 is 11.5 Å². The number of imidazole rings is 1. The number of carbonyl (C=O) groups excluding carboxylic acids is 1. The maximum Gasteiger partial charge on any atom is 0.271 e. The number of hydrogen-bond acceptors (Lipinski definition) is 5. The van der Waals surface area contributed by atoms with Crippen LogP contribution in [0.4, 0.5) is 5.69 Å². The van der Waals surface area contributed by atoms with E-state index in [9.17, 15) is 4.79 Å². The Hall–Kier alpha value is -3.48. The van der Waals surface area contributed by atoms with E-state index in [4.69, 9.17) is 11.5 Å². The molecule has 0 atom stereocenters. The Morgan fingerprint density at radius 1 is 1.19 bits per heavy atom. The van der Waals surface area contributed by atoms with Crippen LogP contribution in [-0.4, -0.2) is 25.7 Å². The topological polar surface area (TPSA) is 113 Å². The zero-order chi connectivity index (χ0) is 18.4. The molecule has 7 heteroatoms. The number of aromatic nitrogens is 4. The minimum atomic E-state index is -0.688. The van der Waals surface area contributed by atoms with Crippen molar-refractivity contribution in [3.8, 4) is 11.1 Å². The van der Waals surface area contributed by atoms with Gasteiger partial charge in [0.2, 0.25) is 0 Å². The van der Waals surface area contributed by atoms with Crippen molar-refractivity contribution in [3.05, 3.63) is 47.9 Å². The van der Waals surface area contributed by atoms with E-state index in [2.05, 4.69) is 32.7 Å². The zero-order valence-corrected chi connectivity index (χ0v) is 14.5. The normalized spacial score (nSPS) is 11.3. The smallest absolute Gasteiger partial charge is 0.271 e. The van der Waals surface area contributed by atoms with E-state index in [0.29, 0.717) is 10.9 Å². The average molecular weight is 346 g/mol. The van der Waals surface area contributed by atoms with Gasteiger partial charge in [-0.1, -0.05) is 18.2 Å². The van der Waals surface area contributed by atoms with Crippen LogP contribution >= 0.6 is 0 Å². The molecule has 1 amide bonds. The monoisotopic (exact) mass is 346 g/mol. The minimum Gasteiger partial charge on any atom is -0.396 e. The van der Waals surface area contributed by atoms with Gasteiger partial charge in [-0.05, 0) is 37.1 Å². The van der Waals surface area contributed by atoms with Gasteiger partial charge in [-0.25, -0.2) is 4.98 Å². The fraction of sp³-hybridized carbons (Fsp3) is 0.158. The number of fused-ring (bicyclic) bond motifs is 2. The lowest BCUT2D eigenvalue weighted by Crippen LogP contribution is -2.16. The van der Waals surface area contributed by atoms with E-state index in [0.717, 1.165) is 34.3 Å². The second-order valence-electron chi connectivity index (χ2n) is 6.21. The van der Waals surface area contributed by atoms with Gasteiger partial charge in [0.1, 0.15) is 5.52 Å². The quantitative estimate of drug-likeness (QED) is 0.592. The molecule has 0 fully saturated rings.